The molecule has 1 amide bonds. The largest absolute Gasteiger partial charge is 0.396 e. The van der Waals surface area contributed by atoms with Gasteiger partial charge in [0.1, 0.15) is 0 Å². The number of carbonyl (C=O) groups excluding carboxylic acids is 1. The molecule has 1 atom stereocenters. The summed E-state index contributed by atoms with van der Waals surface area (Å²) in [4.78, 5) is 16.1. The fourth-order valence-corrected chi connectivity index (χ4v) is 1.74. The summed E-state index contributed by atoms with van der Waals surface area (Å²) in [5.74, 6) is -0.0292. The molecule has 0 aromatic carbocycles. The van der Waals surface area contributed by atoms with Crippen LogP contribution in [0.3, 0.4) is 0 Å². The number of nitrogens with one attached hydrogen (secondary N) is 1. The lowest BCUT2D eigenvalue weighted by Gasteiger charge is -2.29. The molecule has 1 heterocycles. The molecular formula is C14H22N2O2. The van der Waals surface area contributed by atoms with E-state index in [1.54, 1.807) is 6.20 Å². The minimum atomic E-state index is -0.329. The number of rotatable bonds is 6. The van der Waals surface area contributed by atoms with Crippen LogP contribution in [-0.4, -0.2) is 28.1 Å². The first-order valence-electron chi connectivity index (χ1n) is 6.32. The SMILES string of the molecule is CCC(C)(CCO)NC(=O)Cc1ccc(C)nc1. The van der Waals surface area contributed by atoms with Crippen molar-refractivity contribution in [2.75, 3.05) is 6.61 Å². The summed E-state index contributed by atoms with van der Waals surface area (Å²) in [5.41, 5.74) is 1.52. The van der Waals surface area contributed by atoms with Crippen molar-refractivity contribution in [3.8, 4) is 0 Å². The van der Waals surface area contributed by atoms with Gasteiger partial charge in [0.15, 0.2) is 0 Å². The van der Waals surface area contributed by atoms with Gasteiger partial charge in [-0.2, -0.15) is 0 Å². The van der Waals surface area contributed by atoms with Gasteiger partial charge in [-0.1, -0.05) is 13.0 Å². The first kappa shape index (κ1) is 14.6. The molecule has 1 rings (SSSR count). The maximum absolute atomic E-state index is 11.9. The zero-order valence-electron chi connectivity index (χ0n) is 11.4. The predicted octanol–water partition coefficient (Wildman–Crippen LogP) is 1.60. The van der Waals surface area contributed by atoms with Crippen LogP contribution in [0.5, 0.6) is 0 Å². The average molecular weight is 250 g/mol. The van der Waals surface area contributed by atoms with Crippen LogP contribution in [0.1, 0.15) is 37.9 Å². The van der Waals surface area contributed by atoms with E-state index in [-0.39, 0.29) is 18.1 Å². The van der Waals surface area contributed by atoms with Gasteiger partial charge in [-0.25, -0.2) is 0 Å². The zero-order chi connectivity index (χ0) is 13.6. The van der Waals surface area contributed by atoms with Crippen molar-refractivity contribution in [3.63, 3.8) is 0 Å². The molecule has 0 radical (unpaired) electrons. The van der Waals surface area contributed by atoms with E-state index in [1.807, 2.05) is 32.9 Å². The summed E-state index contributed by atoms with van der Waals surface area (Å²) in [7, 11) is 0. The maximum Gasteiger partial charge on any atom is 0.224 e. The van der Waals surface area contributed by atoms with Gasteiger partial charge in [0, 0.05) is 24.0 Å². The fraction of sp³-hybridized carbons (Fsp3) is 0.571. The molecule has 0 fully saturated rings. The van der Waals surface area contributed by atoms with Crippen LogP contribution in [0.15, 0.2) is 18.3 Å². The van der Waals surface area contributed by atoms with Crippen LogP contribution in [0.25, 0.3) is 0 Å². The lowest BCUT2D eigenvalue weighted by atomic mass is 9.94. The Morgan fingerprint density at radius 1 is 1.50 bits per heavy atom. The summed E-state index contributed by atoms with van der Waals surface area (Å²) in [6.07, 6.45) is 3.42. The molecule has 0 aliphatic carbocycles. The zero-order valence-corrected chi connectivity index (χ0v) is 11.4. The van der Waals surface area contributed by atoms with E-state index in [1.165, 1.54) is 0 Å². The lowest BCUT2D eigenvalue weighted by molar-refractivity contribution is -0.122. The maximum atomic E-state index is 11.9. The van der Waals surface area contributed by atoms with Gasteiger partial charge in [0.25, 0.3) is 0 Å². The number of nitrogens with zero attached hydrogens (tertiary/aromatic N) is 1. The van der Waals surface area contributed by atoms with Gasteiger partial charge >= 0.3 is 0 Å². The van der Waals surface area contributed by atoms with E-state index in [0.717, 1.165) is 17.7 Å². The molecule has 4 nitrogen and oxygen atoms in total. The number of hydrogen-bond acceptors (Lipinski definition) is 3. The minimum absolute atomic E-state index is 0.0292. The second kappa shape index (κ2) is 6.50. The molecule has 1 unspecified atom stereocenters. The summed E-state index contributed by atoms with van der Waals surface area (Å²) >= 11 is 0. The standard InChI is InChI=1S/C14H22N2O2/c1-4-14(3,7-8-17)16-13(18)9-12-6-5-11(2)15-10-12/h5-6,10,17H,4,7-9H2,1-3H3,(H,16,18). The predicted molar refractivity (Wildman–Crippen MR) is 71.2 cm³/mol. The highest BCUT2D eigenvalue weighted by molar-refractivity contribution is 5.79. The van der Waals surface area contributed by atoms with Gasteiger partial charge in [0.05, 0.1) is 6.42 Å². The van der Waals surface area contributed by atoms with Crippen molar-refractivity contribution in [1.82, 2.24) is 10.3 Å². The molecule has 4 heteroatoms. The number of aliphatic hydroxyl groups excluding tert-OH is 1. The molecule has 0 bridgehead atoms. The summed E-state index contributed by atoms with van der Waals surface area (Å²) in [5, 5.41) is 12.0. The minimum Gasteiger partial charge on any atom is -0.396 e. The normalized spacial score (nSPS) is 14.0. The Morgan fingerprint density at radius 3 is 2.72 bits per heavy atom. The Hall–Kier alpha value is -1.42. The highest BCUT2D eigenvalue weighted by Gasteiger charge is 2.23. The van der Waals surface area contributed by atoms with Crippen LogP contribution in [-0.2, 0) is 11.2 Å². The van der Waals surface area contributed by atoms with Crippen molar-refractivity contribution in [2.45, 2.75) is 45.6 Å². The van der Waals surface area contributed by atoms with Crippen LogP contribution in [0.4, 0.5) is 0 Å². The van der Waals surface area contributed by atoms with Gasteiger partial charge in [0.2, 0.25) is 5.91 Å². The van der Waals surface area contributed by atoms with Crippen molar-refractivity contribution in [3.05, 3.63) is 29.6 Å². The van der Waals surface area contributed by atoms with Gasteiger partial charge in [-0.15, -0.1) is 0 Å². The number of aromatic nitrogens is 1. The molecule has 100 valence electrons. The van der Waals surface area contributed by atoms with E-state index in [9.17, 15) is 4.79 Å². The third-order valence-electron chi connectivity index (χ3n) is 3.22. The van der Waals surface area contributed by atoms with E-state index < -0.39 is 0 Å². The molecule has 2 N–H and O–H groups in total. The van der Waals surface area contributed by atoms with E-state index in [2.05, 4.69) is 10.3 Å². The summed E-state index contributed by atoms with van der Waals surface area (Å²) in [6, 6.07) is 3.81. The highest BCUT2D eigenvalue weighted by atomic mass is 16.3. The third kappa shape index (κ3) is 4.45. The summed E-state index contributed by atoms with van der Waals surface area (Å²) < 4.78 is 0. The molecule has 0 aliphatic rings. The molecule has 18 heavy (non-hydrogen) atoms. The third-order valence-corrected chi connectivity index (χ3v) is 3.22. The van der Waals surface area contributed by atoms with Crippen LogP contribution in [0.2, 0.25) is 0 Å². The molecule has 0 saturated carbocycles. The molecule has 0 saturated heterocycles. The second-order valence-electron chi connectivity index (χ2n) is 4.92. The Balaban J connectivity index is 2.58. The van der Waals surface area contributed by atoms with E-state index in [0.29, 0.717) is 12.8 Å². The smallest absolute Gasteiger partial charge is 0.224 e. The Kier molecular flexibility index (Phi) is 5.28. The van der Waals surface area contributed by atoms with Crippen molar-refractivity contribution in [2.24, 2.45) is 0 Å². The number of hydrogen-bond donors (Lipinski definition) is 2. The summed E-state index contributed by atoms with van der Waals surface area (Å²) in [6.45, 7) is 5.95. The molecule has 0 spiro atoms. The topological polar surface area (TPSA) is 62.2 Å². The van der Waals surface area contributed by atoms with Crippen molar-refractivity contribution >= 4 is 5.91 Å². The Labute approximate surface area is 108 Å². The molecule has 0 aliphatic heterocycles. The highest BCUT2D eigenvalue weighted by Crippen LogP contribution is 2.14. The number of amides is 1. The average Bonchev–Trinajstić information content (AvgIpc) is 2.32. The van der Waals surface area contributed by atoms with Crippen LogP contribution < -0.4 is 5.32 Å². The molecule has 1 aromatic rings. The number of pyridine rings is 1. The first-order chi connectivity index (χ1) is 8.49. The van der Waals surface area contributed by atoms with Gasteiger partial charge in [-0.05, 0) is 38.3 Å². The van der Waals surface area contributed by atoms with Crippen molar-refractivity contribution in [1.29, 1.82) is 0 Å². The lowest BCUT2D eigenvalue weighted by Crippen LogP contribution is -2.46. The second-order valence-corrected chi connectivity index (χ2v) is 4.92. The fourth-order valence-electron chi connectivity index (χ4n) is 1.74. The number of carbonyl (C=O) groups is 1. The molecular weight excluding hydrogens is 228 g/mol. The van der Waals surface area contributed by atoms with E-state index in [4.69, 9.17) is 5.11 Å². The Morgan fingerprint density at radius 2 is 2.22 bits per heavy atom. The number of aryl methyl sites for hydroxylation is 1. The Bertz CT molecular complexity index is 389. The molecule has 1 aromatic heterocycles. The van der Waals surface area contributed by atoms with Gasteiger partial charge < -0.3 is 10.4 Å². The monoisotopic (exact) mass is 250 g/mol. The first-order valence-corrected chi connectivity index (χ1v) is 6.32. The van der Waals surface area contributed by atoms with E-state index >= 15 is 0 Å². The van der Waals surface area contributed by atoms with Crippen LogP contribution >= 0.6 is 0 Å². The van der Waals surface area contributed by atoms with Crippen molar-refractivity contribution < 1.29 is 9.90 Å². The quantitative estimate of drug-likeness (QED) is 0.806. The van der Waals surface area contributed by atoms with Crippen LogP contribution in [0, 0.1) is 6.92 Å². The van der Waals surface area contributed by atoms with Gasteiger partial charge in [-0.3, -0.25) is 9.78 Å². The number of aliphatic hydroxyl groups is 1.